The molecule has 0 aliphatic carbocycles. The molecule has 0 bridgehead atoms. The fraction of sp³-hybridized carbons (Fsp3) is 0.133. The van der Waals surface area contributed by atoms with Crippen LogP contribution < -0.4 is 16.4 Å². The highest BCUT2D eigenvalue weighted by Crippen LogP contribution is 2.31. The average molecular weight is 600 g/mol. The molecule has 13 heteroatoms. The predicted octanol–water partition coefficient (Wildman–Crippen LogP) is 5.71. The Kier molecular flexibility index (Phi) is 9.12. The van der Waals surface area contributed by atoms with Crippen LogP contribution in [0.5, 0.6) is 0 Å². The Bertz CT molecular complexity index is 1670. The third kappa shape index (κ3) is 7.56. The van der Waals surface area contributed by atoms with E-state index < -0.39 is 64.9 Å². The molecule has 222 valence electrons. The first-order valence-corrected chi connectivity index (χ1v) is 12.6. The summed E-state index contributed by atoms with van der Waals surface area (Å²) in [5.74, 6) is -4.34. The van der Waals surface area contributed by atoms with Crippen LogP contribution in [0.25, 0.3) is 11.1 Å². The van der Waals surface area contributed by atoms with E-state index >= 15 is 0 Å². The van der Waals surface area contributed by atoms with Crippen LogP contribution >= 0.6 is 0 Å². The van der Waals surface area contributed by atoms with Gasteiger partial charge in [-0.2, -0.15) is 13.2 Å². The molecule has 5 N–H and O–H groups in total. The van der Waals surface area contributed by atoms with Crippen molar-refractivity contribution in [2.24, 2.45) is 5.73 Å². The number of benzene rings is 3. The molecule has 0 spiro atoms. The number of nitrogens with zero attached hydrogens (tertiary/aromatic N) is 1. The number of amides is 2. The molecule has 2 amide bonds. The number of alkyl halides is 3. The summed E-state index contributed by atoms with van der Waals surface area (Å²) in [5.41, 5.74) is 3.67. The van der Waals surface area contributed by atoms with Crippen molar-refractivity contribution in [2.75, 3.05) is 11.9 Å². The number of para-hydroxylation sites is 1. The van der Waals surface area contributed by atoms with Crippen LogP contribution in [-0.4, -0.2) is 35.2 Å². The maximum absolute atomic E-state index is 14.2. The van der Waals surface area contributed by atoms with Crippen LogP contribution in [0.4, 0.5) is 32.0 Å². The van der Waals surface area contributed by atoms with E-state index in [0.717, 1.165) is 24.3 Å². The van der Waals surface area contributed by atoms with E-state index in [4.69, 9.17) is 11.1 Å². The zero-order chi connectivity index (χ0) is 31.3. The predicted molar refractivity (Wildman–Crippen MR) is 147 cm³/mol. The lowest BCUT2D eigenvalue weighted by Gasteiger charge is -2.22. The minimum absolute atomic E-state index is 0.118. The Balaban J connectivity index is 1.67. The van der Waals surface area contributed by atoms with Crippen LogP contribution in [0.15, 0.2) is 79.0 Å². The van der Waals surface area contributed by atoms with Crippen molar-refractivity contribution < 1.29 is 35.9 Å². The second kappa shape index (κ2) is 12.8. The smallest absolute Gasteiger partial charge is 0.376 e. The summed E-state index contributed by atoms with van der Waals surface area (Å²) in [4.78, 5) is 29.2. The molecule has 0 radical (unpaired) electrons. The molecule has 1 heterocycles. The number of hydrogen-bond acceptors (Lipinski definition) is 5. The number of pyridine rings is 1. The number of nitrogens with two attached hydrogens (primary N) is 1. The number of aromatic nitrogens is 1. The highest BCUT2D eigenvalue weighted by molar-refractivity contribution is 6.06. The zero-order valence-electron chi connectivity index (χ0n) is 22.1. The number of halogens is 6. The van der Waals surface area contributed by atoms with E-state index in [2.05, 4.69) is 15.6 Å². The second-order valence-electron chi connectivity index (χ2n) is 9.37. The third-order valence-corrected chi connectivity index (χ3v) is 6.33. The number of hydrogen-bond donors (Lipinski definition) is 4. The molecule has 1 aromatic heterocycles. The Morgan fingerprint density at radius 1 is 0.907 bits per heavy atom. The summed E-state index contributed by atoms with van der Waals surface area (Å²) in [5, 5.41) is 12.7. The fourth-order valence-corrected chi connectivity index (χ4v) is 4.43. The molecule has 4 aromatic rings. The summed E-state index contributed by atoms with van der Waals surface area (Å²) in [7, 11) is 0. The number of rotatable bonds is 10. The lowest BCUT2D eigenvalue weighted by Crippen LogP contribution is -2.35. The van der Waals surface area contributed by atoms with Crippen LogP contribution in [0.1, 0.15) is 33.2 Å². The summed E-state index contributed by atoms with van der Waals surface area (Å²) in [6.07, 6.45) is -3.71. The quantitative estimate of drug-likeness (QED) is 0.138. The molecule has 0 saturated carbocycles. The Hall–Kier alpha value is -5.20. The maximum atomic E-state index is 14.2. The molecule has 0 aliphatic heterocycles. The van der Waals surface area contributed by atoms with Crippen LogP contribution in [0.2, 0.25) is 0 Å². The Morgan fingerprint density at radius 2 is 1.60 bits per heavy atom. The summed E-state index contributed by atoms with van der Waals surface area (Å²) >= 11 is 0. The highest BCUT2D eigenvalue weighted by atomic mass is 19.4. The van der Waals surface area contributed by atoms with E-state index in [1.54, 1.807) is 12.1 Å². The van der Waals surface area contributed by atoms with Gasteiger partial charge in [0.25, 0.3) is 5.91 Å². The molecule has 1 unspecified atom stereocenters. The molecule has 7 nitrogen and oxygen atoms in total. The van der Waals surface area contributed by atoms with Gasteiger partial charge in [-0.05, 0) is 53.9 Å². The molecule has 0 aliphatic rings. The first-order valence-electron chi connectivity index (χ1n) is 12.6. The van der Waals surface area contributed by atoms with Gasteiger partial charge in [0.15, 0.2) is 0 Å². The van der Waals surface area contributed by atoms with Gasteiger partial charge in [-0.3, -0.25) is 20.0 Å². The normalized spacial score (nSPS) is 12.0. The van der Waals surface area contributed by atoms with E-state index in [-0.39, 0.29) is 23.4 Å². The second-order valence-corrected chi connectivity index (χ2v) is 9.37. The molecule has 4 rings (SSSR count). The molecule has 3 aromatic carbocycles. The number of primary amides is 1. The van der Waals surface area contributed by atoms with Gasteiger partial charge in [0.1, 0.15) is 23.2 Å². The topological polar surface area (TPSA) is 121 Å². The van der Waals surface area contributed by atoms with E-state index in [1.807, 2.05) is 0 Å². The van der Waals surface area contributed by atoms with Gasteiger partial charge in [-0.25, -0.2) is 13.2 Å². The lowest BCUT2D eigenvalue weighted by atomic mass is 9.94. The van der Waals surface area contributed by atoms with Gasteiger partial charge in [0, 0.05) is 29.1 Å². The van der Waals surface area contributed by atoms with Gasteiger partial charge in [-0.15, -0.1) is 0 Å². The molecular weight excluding hydrogens is 576 g/mol. The third-order valence-electron chi connectivity index (χ3n) is 6.33. The van der Waals surface area contributed by atoms with Crippen LogP contribution in [-0.2, 0) is 11.2 Å². The van der Waals surface area contributed by atoms with Gasteiger partial charge >= 0.3 is 6.18 Å². The van der Waals surface area contributed by atoms with Crippen LogP contribution in [0.3, 0.4) is 0 Å². The van der Waals surface area contributed by atoms with Crippen LogP contribution in [0, 0.1) is 22.9 Å². The van der Waals surface area contributed by atoms with Crippen molar-refractivity contribution in [3.63, 3.8) is 0 Å². The number of anilines is 1. The lowest BCUT2D eigenvalue weighted by molar-refractivity contribution is -0.120. The molecular formula is C30H23F6N5O2. The first-order chi connectivity index (χ1) is 20.3. The number of carbonyl (C=O) groups is 2. The van der Waals surface area contributed by atoms with Crippen molar-refractivity contribution in [1.29, 1.82) is 5.41 Å². The average Bonchev–Trinajstić information content (AvgIpc) is 2.94. The highest BCUT2D eigenvalue weighted by Gasteiger charge is 2.36. The Labute approximate surface area is 241 Å². The maximum Gasteiger partial charge on any atom is 0.433 e. The SMILES string of the molecule is N=C(c1ccccc1NCC(=O)NC(Cc1cc(F)cc(F)c1)c1ncccc1-c1ccc(F)c(C(N)=O)c1)C(F)(F)F. The first kappa shape index (κ1) is 30.8. The van der Waals surface area contributed by atoms with E-state index in [1.165, 1.54) is 36.5 Å². The molecule has 0 fully saturated rings. The standard InChI is InChI=1S/C30H23F6N5O2/c31-18-10-16(11-19(32)14-18)12-25(27-20(5-3-9-39-27)17-7-8-23(33)22(13-17)29(38)43)41-26(42)15-40-24-6-2-1-4-21(24)28(37)30(34,35)36/h1-11,13-14,25,37,40H,12,15H2,(H2,38,43)(H,41,42). The van der Waals surface area contributed by atoms with Crippen molar-refractivity contribution in [3.8, 4) is 11.1 Å². The summed E-state index contributed by atoms with van der Waals surface area (Å²) < 4.78 is 81.7. The monoisotopic (exact) mass is 599 g/mol. The van der Waals surface area contributed by atoms with Crippen molar-refractivity contribution >= 4 is 23.2 Å². The van der Waals surface area contributed by atoms with Crippen molar-refractivity contribution in [3.05, 3.63) is 119 Å². The minimum Gasteiger partial charge on any atom is -0.376 e. The molecule has 1 atom stereocenters. The number of carbonyl (C=O) groups excluding carboxylic acids is 2. The van der Waals surface area contributed by atoms with Gasteiger partial charge in [0.05, 0.1) is 23.8 Å². The minimum atomic E-state index is -4.92. The van der Waals surface area contributed by atoms with E-state index in [9.17, 15) is 35.9 Å². The molecule has 43 heavy (non-hydrogen) atoms. The largest absolute Gasteiger partial charge is 0.433 e. The number of nitrogens with one attached hydrogen (secondary N) is 3. The zero-order valence-corrected chi connectivity index (χ0v) is 22.1. The fourth-order valence-electron chi connectivity index (χ4n) is 4.43. The van der Waals surface area contributed by atoms with E-state index in [0.29, 0.717) is 17.2 Å². The summed E-state index contributed by atoms with van der Waals surface area (Å²) in [6, 6.07) is 13.5. The van der Waals surface area contributed by atoms with Gasteiger partial charge in [0.2, 0.25) is 5.91 Å². The van der Waals surface area contributed by atoms with Crippen molar-refractivity contribution in [1.82, 2.24) is 10.3 Å². The summed E-state index contributed by atoms with van der Waals surface area (Å²) in [6.45, 7) is -0.541. The van der Waals surface area contributed by atoms with Crippen molar-refractivity contribution in [2.45, 2.75) is 18.6 Å². The molecule has 0 saturated heterocycles. The van der Waals surface area contributed by atoms with Gasteiger partial charge in [-0.1, -0.05) is 30.3 Å². The Morgan fingerprint density at radius 3 is 2.28 bits per heavy atom. The van der Waals surface area contributed by atoms with Gasteiger partial charge < -0.3 is 16.4 Å².